The average Bonchev–Trinajstić information content (AvgIpc) is 3.34. The van der Waals surface area contributed by atoms with Crippen LogP contribution in [0.15, 0.2) is 59.3 Å². The molecule has 26 heavy (non-hydrogen) atoms. The van der Waals surface area contributed by atoms with Gasteiger partial charge >= 0.3 is 0 Å². The molecule has 3 rings (SSSR count). The van der Waals surface area contributed by atoms with Crippen LogP contribution >= 0.6 is 22.7 Å². The monoisotopic (exact) mass is 388 g/mol. The Morgan fingerprint density at radius 3 is 2.38 bits per heavy atom. The molecule has 2 aromatic heterocycles. The van der Waals surface area contributed by atoms with Crippen LogP contribution in [-0.2, 0) is 4.79 Å². The summed E-state index contributed by atoms with van der Waals surface area (Å²) < 4.78 is 13.2. The smallest absolute Gasteiger partial charge is 0.261 e. The summed E-state index contributed by atoms with van der Waals surface area (Å²) in [6.45, 7) is 0.253. The number of rotatable bonds is 7. The fraction of sp³-hybridized carbons (Fsp3) is 0.158. The van der Waals surface area contributed by atoms with Crippen LogP contribution in [0, 0.1) is 5.82 Å². The largest absolute Gasteiger partial charge is 0.351 e. The Labute approximate surface area is 158 Å². The quantitative estimate of drug-likeness (QED) is 0.643. The zero-order valence-electron chi connectivity index (χ0n) is 13.8. The number of thiophene rings is 2. The van der Waals surface area contributed by atoms with Gasteiger partial charge in [0.2, 0.25) is 5.91 Å². The number of carbonyl (C=O) groups is 2. The van der Waals surface area contributed by atoms with Crippen molar-refractivity contribution in [3.63, 3.8) is 0 Å². The molecule has 0 saturated heterocycles. The fourth-order valence-electron chi connectivity index (χ4n) is 2.45. The molecule has 134 valence electrons. The van der Waals surface area contributed by atoms with Gasteiger partial charge in [-0.1, -0.05) is 24.3 Å². The second-order valence-electron chi connectivity index (χ2n) is 5.55. The first-order valence-corrected chi connectivity index (χ1v) is 9.79. The molecule has 3 aromatic rings. The molecule has 0 aliphatic rings. The maximum Gasteiger partial charge on any atom is 0.261 e. The van der Waals surface area contributed by atoms with E-state index in [9.17, 15) is 14.0 Å². The molecular formula is C19H17FN2O2S2. The number of halogens is 1. The van der Waals surface area contributed by atoms with Gasteiger partial charge in [0, 0.05) is 17.8 Å². The van der Waals surface area contributed by atoms with Gasteiger partial charge in [-0.25, -0.2) is 4.39 Å². The number of benzene rings is 1. The number of amides is 2. The van der Waals surface area contributed by atoms with Crippen molar-refractivity contribution in [3.05, 3.63) is 80.4 Å². The molecule has 2 heterocycles. The molecule has 1 atom stereocenters. The van der Waals surface area contributed by atoms with E-state index in [0.29, 0.717) is 4.88 Å². The van der Waals surface area contributed by atoms with E-state index in [2.05, 4.69) is 10.6 Å². The molecule has 1 aromatic carbocycles. The predicted molar refractivity (Wildman–Crippen MR) is 102 cm³/mol. The van der Waals surface area contributed by atoms with Gasteiger partial charge in [-0.05, 0) is 40.6 Å². The first kappa shape index (κ1) is 18.3. The molecule has 0 radical (unpaired) electrons. The van der Waals surface area contributed by atoms with Crippen LogP contribution in [0.3, 0.4) is 0 Å². The molecule has 7 heteroatoms. The van der Waals surface area contributed by atoms with Crippen molar-refractivity contribution in [2.45, 2.75) is 12.5 Å². The van der Waals surface area contributed by atoms with Gasteiger partial charge in [-0.3, -0.25) is 9.59 Å². The Bertz CT molecular complexity index is 846. The average molecular weight is 388 g/mol. The molecule has 4 nitrogen and oxygen atoms in total. The molecule has 0 aliphatic carbocycles. The predicted octanol–water partition coefficient (Wildman–Crippen LogP) is 3.97. The SMILES string of the molecule is O=C(CCNC(=O)c1cccs1)NC(c1ccc(F)cc1)c1cccs1. The number of hydrogen-bond acceptors (Lipinski definition) is 4. The van der Waals surface area contributed by atoms with Gasteiger partial charge in [-0.15, -0.1) is 22.7 Å². The summed E-state index contributed by atoms with van der Waals surface area (Å²) in [6, 6.07) is 13.1. The highest BCUT2D eigenvalue weighted by molar-refractivity contribution is 7.12. The zero-order valence-corrected chi connectivity index (χ0v) is 15.4. The summed E-state index contributed by atoms with van der Waals surface area (Å²) in [5.74, 6) is -0.679. The summed E-state index contributed by atoms with van der Waals surface area (Å²) in [5, 5.41) is 9.46. The first-order chi connectivity index (χ1) is 12.6. The molecule has 1 unspecified atom stereocenters. The van der Waals surface area contributed by atoms with Crippen molar-refractivity contribution in [2.24, 2.45) is 0 Å². The maximum atomic E-state index is 13.2. The Morgan fingerprint density at radius 1 is 1.00 bits per heavy atom. The van der Waals surface area contributed by atoms with Crippen LogP contribution in [0.2, 0.25) is 0 Å². The minimum absolute atomic E-state index is 0.167. The number of hydrogen-bond donors (Lipinski definition) is 2. The summed E-state index contributed by atoms with van der Waals surface area (Å²) >= 11 is 2.88. The highest BCUT2D eigenvalue weighted by atomic mass is 32.1. The first-order valence-electron chi connectivity index (χ1n) is 8.03. The van der Waals surface area contributed by atoms with Crippen molar-refractivity contribution in [2.75, 3.05) is 6.54 Å². The van der Waals surface area contributed by atoms with Crippen LogP contribution in [0.1, 0.15) is 32.6 Å². The lowest BCUT2D eigenvalue weighted by atomic mass is 10.1. The summed E-state index contributed by atoms with van der Waals surface area (Å²) in [4.78, 5) is 25.8. The van der Waals surface area contributed by atoms with E-state index in [-0.39, 0.29) is 36.6 Å². The molecule has 0 bridgehead atoms. The summed E-state index contributed by atoms with van der Waals surface area (Å²) in [6.07, 6.45) is 0.167. The zero-order chi connectivity index (χ0) is 18.4. The van der Waals surface area contributed by atoms with Crippen molar-refractivity contribution in [3.8, 4) is 0 Å². The number of nitrogens with one attached hydrogen (secondary N) is 2. The lowest BCUT2D eigenvalue weighted by Crippen LogP contribution is -2.33. The van der Waals surface area contributed by atoms with Crippen LogP contribution in [-0.4, -0.2) is 18.4 Å². The third-order valence-corrected chi connectivity index (χ3v) is 5.52. The van der Waals surface area contributed by atoms with E-state index >= 15 is 0 Å². The maximum absolute atomic E-state index is 13.2. The highest BCUT2D eigenvalue weighted by Gasteiger charge is 2.18. The highest BCUT2D eigenvalue weighted by Crippen LogP contribution is 2.26. The molecule has 2 amide bonds. The topological polar surface area (TPSA) is 58.2 Å². The molecule has 0 saturated carbocycles. The van der Waals surface area contributed by atoms with Gasteiger partial charge in [0.05, 0.1) is 10.9 Å². The number of carbonyl (C=O) groups excluding carboxylic acids is 2. The van der Waals surface area contributed by atoms with E-state index in [1.165, 1.54) is 34.8 Å². The van der Waals surface area contributed by atoms with E-state index in [0.717, 1.165) is 10.4 Å². The minimum atomic E-state index is -0.337. The lowest BCUT2D eigenvalue weighted by molar-refractivity contribution is -0.121. The van der Waals surface area contributed by atoms with Crippen LogP contribution in [0.5, 0.6) is 0 Å². The molecular weight excluding hydrogens is 371 g/mol. The molecule has 0 aliphatic heterocycles. The molecule has 0 fully saturated rings. The van der Waals surface area contributed by atoms with E-state index < -0.39 is 0 Å². The normalized spacial score (nSPS) is 11.7. The van der Waals surface area contributed by atoms with Crippen LogP contribution < -0.4 is 10.6 Å². The summed E-state index contributed by atoms with van der Waals surface area (Å²) in [7, 11) is 0. The van der Waals surface area contributed by atoms with Crippen molar-refractivity contribution in [1.29, 1.82) is 0 Å². The minimum Gasteiger partial charge on any atom is -0.351 e. The van der Waals surface area contributed by atoms with Crippen LogP contribution in [0.25, 0.3) is 0 Å². The van der Waals surface area contributed by atoms with E-state index in [1.54, 1.807) is 24.3 Å². The van der Waals surface area contributed by atoms with Crippen molar-refractivity contribution < 1.29 is 14.0 Å². The van der Waals surface area contributed by atoms with Gasteiger partial charge in [-0.2, -0.15) is 0 Å². The van der Waals surface area contributed by atoms with Crippen LogP contribution in [0.4, 0.5) is 4.39 Å². The Morgan fingerprint density at radius 2 is 1.73 bits per heavy atom. The second kappa shape index (κ2) is 8.73. The third kappa shape index (κ3) is 4.77. The van der Waals surface area contributed by atoms with Gasteiger partial charge in [0.25, 0.3) is 5.91 Å². The Kier molecular flexibility index (Phi) is 6.14. The Hall–Kier alpha value is -2.51. The van der Waals surface area contributed by atoms with Crippen molar-refractivity contribution in [1.82, 2.24) is 10.6 Å². The van der Waals surface area contributed by atoms with Gasteiger partial charge in [0.1, 0.15) is 5.82 Å². The molecule has 0 spiro atoms. The van der Waals surface area contributed by atoms with Gasteiger partial charge in [0.15, 0.2) is 0 Å². The Balaban J connectivity index is 1.59. The van der Waals surface area contributed by atoms with E-state index in [1.807, 2.05) is 22.9 Å². The standard InChI is InChI=1S/C19H17FN2O2S2/c20-14-7-5-13(6-8-14)18(15-3-1-11-25-15)22-17(23)9-10-21-19(24)16-4-2-12-26-16/h1-8,11-12,18H,9-10H2,(H,21,24)(H,22,23). The lowest BCUT2D eigenvalue weighted by Gasteiger charge is -2.18. The van der Waals surface area contributed by atoms with E-state index in [4.69, 9.17) is 0 Å². The third-order valence-electron chi connectivity index (χ3n) is 3.72. The van der Waals surface area contributed by atoms with Crippen molar-refractivity contribution >= 4 is 34.5 Å². The fourth-order valence-corrected chi connectivity index (χ4v) is 3.89. The van der Waals surface area contributed by atoms with Gasteiger partial charge < -0.3 is 10.6 Å². The summed E-state index contributed by atoms with van der Waals surface area (Å²) in [5.41, 5.74) is 0.810. The second-order valence-corrected chi connectivity index (χ2v) is 7.48. The molecule has 2 N–H and O–H groups in total.